The molecule has 0 atom stereocenters. The molecule has 0 amide bonds. The van der Waals surface area contributed by atoms with Crippen molar-refractivity contribution in [3.05, 3.63) is 41.5 Å². The predicted molar refractivity (Wildman–Crippen MR) is 114 cm³/mol. The summed E-state index contributed by atoms with van der Waals surface area (Å²) in [6, 6.07) is 8.22. The first-order valence-electron chi connectivity index (χ1n) is 8.52. The van der Waals surface area contributed by atoms with Gasteiger partial charge in [-0.25, -0.2) is 0 Å². The van der Waals surface area contributed by atoms with Crippen LogP contribution in [-0.4, -0.2) is 36.3 Å². The molecule has 0 aliphatic heterocycles. The molecule has 0 saturated heterocycles. The number of ether oxygens (including phenoxy) is 4. The van der Waals surface area contributed by atoms with E-state index in [1.807, 2.05) is 35.6 Å². The van der Waals surface area contributed by atoms with E-state index in [0.717, 1.165) is 6.42 Å². The molecule has 29 heavy (non-hydrogen) atoms. The normalized spacial score (nSPS) is 9.52. The molecular weight excluding hydrogens is 616 g/mol. The average molecular weight is 637 g/mol. The van der Waals surface area contributed by atoms with Crippen molar-refractivity contribution < 1.29 is 70.1 Å². The number of phenolic OH excluding ortho intramolecular Hbond substituents is 1. The summed E-state index contributed by atoms with van der Waals surface area (Å²) >= 11 is 1.90. The fraction of sp³-hybridized carbons (Fsp3) is 0.286. The summed E-state index contributed by atoms with van der Waals surface area (Å²) < 4.78 is 21.6. The molecule has 2 aromatic carbocycles. The second-order valence-corrected chi connectivity index (χ2v) is 6.35. The zero-order valence-electron chi connectivity index (χ0n) is 16.5. The molecule has 1 N–H and O–H groups in total. The van der Waals surface area contributed by atoms with E-state index in [4.69, 9.17) is 18.9 Å². The zero-order chi connectivity index (χ0) is 20.5. The van der Waals surface area contributed by atoms with Gasteiger partial charge in [0.1, 0.15) is 5.75 Å². The van der Waals surface area contributed by atoms with Crippen molar-refractivity contribution in [2.45, 2.75) is 13.3 Å². The number of methoxy groups -OCH3 is 2. The van der Waals surface area contributed by atoms with E-state index < -0.39 is 5.97 Å². The summed E-state index contributed by atoms with van der Waals surface area (Å²) in [6.45, 7) is 2.63. The molecule has 8 heteroatoms. The minimum atomic E-state index is -0.438. The van der Waals surface area contributed by atoms with Crippen LogP contribution in [0.3, 0.4) is 0 Å². The minimum absolute atomic E-state index is 0. The minimum Gasteiger partial charge on any atom is -0.504 e. The number of esters is 1. The van der Waals surface area contributed by atoms with Crippen LogP contribution in [0, 0.1) is 53.1 Å². The second-order valence-electron chi connectivity index (χ2n) is 5.59. The van der Waals surface area contributed by atoms with Crippen molar-refractivity contribution in [3.63, 3.8) is 0 Å². The maximum Gasteiger partial charge on any atom is 0.321 e. The van der Waals surface area contributed by atoms with Gasteiger partial charge in [-0.05, 0) is 24.6 Å². The van der Waals surface area contributed by atoms with Crippen LogP contribution in [-0.2, 0) is 4.79 Å². The van der Waals surface area contributed by atoms with Crippen molar-refractivity contribution in [3.8, 4) is 40.6 Å². The molecule has 0 aliphatic rings. The molecule has 0 aromatic heterocycles. The number of alkyl halides is 1. The molecule has 0 heterocycles. The predicted octanol–water partition coefficient (Wildman–Crippen LogP) is 3.94. The number of carbonyl (C=O) groups excluding carboxylic acids is 1. The molecule has 0 unspecified atom stereocenters. The van der Waals surface area contributed by atoms with Crippen LogP contribution in [0.5, 0.6) is 28.7 Å². The number of hydrogen-bond acceptors (Lipinski definition) is 6. The third-order valence-electron chi connectivity index (χ3n) is 3.58. The Bertz CT molecular complexity index is 904. The number of phenols is 1. The molecule has 2 aromatic rings. The first-order valence-corrected chi connectivity index (χ1v) is 10.0. The van der Waals surface area contributed by atoms with E-state index in [9.17, 15) is 9.90 Å². The molecule has 6 nitrogen and oxygen atoms in total. The summed E-state index contributed by atoms with van der Waals surface area (Å²) in [6.07, 6.45) is 0.895. The number of benzene rings is 2. The van der Waals surface area contributed by atoms with Gasteiger partial charge >= 0.3 is 5.97 Å². The van der Waals surface area contributed by atoms with E-state index in [1.54, 1.807) is 19.2 Å². The second kappa shape index (κ2) is 13.1. The Morgan fingerprint density at radius 2 is 1.76 bits per heavy atom. The van der Waals surface area contributed by atoms with E-state index in [2.05, 4.69) is 11.8 Å². The van der Waals surface area contributed by atoms with E-state index in [1.165, 1.54) is 19.2 Å². The van der Waals surface area contributed by atoms with Crippen LogP contribution in [0.4, 0.5) is 0 Å². The summed E-state index contributed by atoms with van der Waals surface area (Å²) in [7, 11) is 3.00. The SMILES string of the molecule is CCCOc1ccc(C#Cc2cc(OC)c(O)cc2OC(=O)CI)cc1OC.[Pr]. The van der Waals surface area contributed by atoms with Gasteiger partial charge in [-0.1, -0.05) is 41.4 Å². The van der Waals surface area contributed by atoms with Crippen LogP contribution in [0.15, 0.2) is 30.3 Å². The van der Waals surface area contributed by atoms with Gasteiger partial charge in [0.2, 0.25) is 0 Å². The van der Waals surface area contributed by atoms with E-state index in [0.29, 0.717) is 29.2 Å². The van der Waals surface area contributed by atoms with Gasteiger partial charge in [-0.3, -0.25) is 4.79 Å². The number of halogens is 1. The standard InChI is InChI=1S/C21H21IO6.Pr/c1-4-9-27-17-8-6-14(10-20(17)26-3)5-7-15-11-19(25-2)16(23)12-18(15)28-21(24)13-22;/h6,8,10-12,23H,4,9,13H2,1-3H3;. The Kier molecular flexibility index (Phi) is 11.7. The topological polar surface area (TPSA) is 74.2 Å². The molecule has 0 saturated carbocycles. The number of aromatic hydroxyl groups is 1. The van der Waals surface area contributed by atoms with Crippen molar-refractivity contribution >= 4 is 28.6 Å². The summed E-state index contributed by atoms with van der Waals surface area (Å²) in [5.74, 6) is 7.03. The van der Waals surface area contributed by atoms with Crippen LogP contribution in [0.1, 0.15) is 24.5 Å². The molecular formula is C21H21IO6Pr. The van der Waals surface area contributed by atoms with Gasteiger partial charge in [0.25, 0.3) is 0 Å². The van der Waals surface area contributed by atoms with Crippen LogP contribution < -0.4 is 18.9 Å². The molecule has 0 bridgehead atoms. The summed E-state index contributed by atoms with van der Waals surface area (Å²) in [5.41, 5.74) is 1.11. The van der Waals surface area contributed by atoms with E-state index >= 15 is 0 Å². The van der Waals surface area contributed by atoms with Crippen molar-refractivity contribution in [1.29, 1.82) is 0 Å². The van der Waals surface area contributed by atoms with Crippen LogP contribution >= 0.6 is 22.6 Å². The van der Waals surface area contributed by atoms with Gasteiger partial charge in [-0.15, -0.1) is 0 Å². The third-order valence-corrected chi connectivity index (χ3v) is 4.20. The molecule has 0 aliphatic carbocycles. The summed E-state index contributed by atoms with van der Waals surface area (Å²) in [5, 5.41) is 9.96. The maximum absolute atomic E-state index is 11.7. The summed E-state index contributed by atoms with van der Waals surface area (Å²) in [4.78, 5) is 11.7. The largest absolute Gasteiger partial charge is 0.504 e. The van der Waals surface area contributed by atoms with Crippen LogP contribution in [0.2, 0.25) is 0 Å². The Morgan fingerprint density at radius 3 is 2.38 bits per heavy atom. The van der Waals surface area contributed by atoms with Crippen molar-refractivity contribution in [1.82, 2.24) is 0 Å². The quantitative estimate of drug-likeness (QED) is 0.163. The zero-order valence-corrected chi connectivity index (χ0v) is 22.3. The number of hydrogen-bond donors (Lipinski definition) is 1. The smallest absolute Gasteiger partial charge is 0.321 e. The first-order chi connectivity index (χ1) is 13.5. The van der Waals surface area contributed by atoms with Gasteiger partial charge in [0.15, 0.2) is 23.0 Å². The maximum atomic E-state index is 11.7. The Labute approximate surface area is 217 Å². The Hall–Kier alpha value is -1.24. The molecule has 0 fully saturated rings. The fourth-order valence-electron chi connectivity index (χ4n) is 2.26. The average Bonchev–Trinajstić information content (AvgIpc) is 2.71. The molecule has 1 radical (unpaired) electrons. The number of rotatable bonds is 7. The van der Waals surface area contributed by atoms with Gasteiger partial charge in [0.05, 0.1) is 30.8 Å². The van der Waals surface area contributed by atoms with Crippen molar-refractivity contribution in [2.24, 2.45) is 0 Å². The van der Waals surface area contributed by atoms with Crippen LogP contribution in [0.25, 0.3) is 0 Å². The third kappa shape index (κ3) is 7.51. The molecule has 0 spiro atoms. The Morgan fingerprint density at radius 1 is 1.03 bits per heavy atom. The monoisotopic (exact) mass is 637 g/mol. The molecule has 2 rings (SSSR count). The van der Waals surface area contributed by atoms with Gasteiger partial charge in [0, 0.05) is 59.0 Å². The van der Waals surface area contributed by atoms with E-state index in [-0.39, 0.29) is 63.0 Å². The number of carbonyl (C=O) groups is 1. The molecule has 151 valence electrons. The van der Waals surface area contributed by atoms with Crippen molar-refractivity contribution in [2.75, 3.05) is 25.3 Å². The van der Waals surface area contributed by atoms with Gasteiger partial charge < -0.3 is 24.1 Å². The first kappa shape index (κ1) is 25.8. The van der Waals surface area contributed by atoms with Gasteiger partial charge in [-0.2, -0.15) is 0 Å². The fourth-order valence-corrected chi connectivity index (χ4v) is 2.42. The Balaban J connectivity index is 0.00000420.